The van der Waals surface area contributed by atoms with Crippen LogP contribution in [0.2, 0.25) is 0 Å². The summed E-state index contributed by atoms with van der Waals surface area (Å²) in [7, 11) is 0. The van der Waals surface area contributed by atoms with Crippen molar-refractivity contribution in [1.82, 2.24) is 5.32 Å². The van der Waals surface area contributed by atoms with Gasteiger partial charge < -0.3 is 15.2 Å². The van der Waals surface area contributed by atoms with Gasteiger partial charge in [0.15, 0.2) is 0 Å². The maximum atomic E-state index is 13.4. The van der Waals surface area contributed by atoms with Crippen LogP contribution < -0.4 is 5.32 Å². The molecule has 1 atom stereocenters. The molecule has 2 aliphatic carbocycles. The zero-order valence-corrected chi connectivity index (χ0v) is 20.9. The van der Waals surface area contributed by atoms with Gasteiger partial charge in [0.05, 0.1) is 17.3 Å². The van der Waals surface area contributed by atoms with Gasteiger partial charge in [-0.1, -0.05) is 54.7 Å². The molecule has 1 amide bonds. The molecule has 3 rings (SSSR count). The minimum absolute atomic E-state index is 0.000250. The van der Waals surface area contributed by atoms with Gasteiger partial charge in [-0.05, 0) is 68.9 Å². The Bertz CT molecular complexity index is 917. The van der Waals surface area contributed by atoms with Crippen LogP contribution in [0.4, 0.5) is 0 Å². The van der Waals surface area contributed by atoms with Gasteiger partial charge in [-0.2, -0.15) is 0 Å². The van der Waals surface area contributed by atoms with E-state index in [9.17, 15) is 19.5 Å². The summed E-state index contributed by atoms with van der Waals surface area (Å²) in [6, 6.07) is 9.61. The monoisotopic (exact) mass is 498 g/mol. The Labute approximate surface area is 212 Å². The quantitative estimate of drug-likeness (QED) is 0.121. The van der Waals surface area contributed by atoms with Gasteiger partial charge in [0.1, 0.15) is 6.61 Å². The second-order valence-electron chi connectivity index (χ2n) is 10.3. The van der Waals surface area contributed by atoms with Gasteiger partial charge in [0.2, 0.25) is 5.91 Å². The predicted octanol–water partition coefficient (Wildman–Crippen LogP) is 5.54. The van der Waals surface area contributed by atoms with Crippen LogP contribution in [-0.2, 0) is 25.7 Å². The molecular formula is C27H38N4O5. The Balaban J connectivity index is 1.48. The van der Waals surface area contributed by atoms with Crippen LogP contribution in [0, 0.1) is 17.3 Å². The van der Waals surface area contributed by atoms with Gasteiger partial charge >= 0.3 is 11.9 Å². The summed E-state index contributed by atoms with van der Waals surface area (Å²) in [5, 5.41) is 16.5. The zero-order valence-electron chi connectivity index (χ0n) is 20.9. The number of nitrogens with one attached hydrogen (secondary N) is 1. The Kier molecular flexibility index (Phi) is 10.6. The van der Waals surface area contributed by atoms with E-state index in [-0.39, 0.29) is 30.4 Å². The molecule has 0 aromatic heterocycles. The van der Waals surface area contributed by atoms with Crippen molar-refractivity contribution < 1.29 is 24.2 Å². The number of carboxylic acid groups (broad SMARTS) is 1. The number of carbonyl (C=O) groups excluding carboxylic acids is 2. The lowest BCUT2D eigenvalue weighted by Gasteiger charge is -2.34. The number of hydrogen-bond donors (Lipinski definition) is 2. The molecule has 0 heterocycles. The van der Waals surface area contributed by atoms with Gasteiger partial charge in [-0.3, -0.25) is 14.4 Å². The van der Waals surface area contributed by atoms with E-state index in [2.05, 4.69) is 15.3 Å². The predicted molar refractivity (Wildman–Crippen MR) is 135 cm³/mol. The molecule has 0 saturated heterocycles. The highest BCUT2D eigenvalue weighted by Crippen LogP contribution is 2.45. The summed E-state index contributed by atoms with van der Waals surface area (Å²) in [6.07, 6.45) is 8.17. The number of carboxylic acids is 1. The number of ether oxygens (including phenoxy) is 1. The highest BCUT2D eigenvalue weighted by Gasteiger charge is 2.44. The maximum Gasteiger partial charge on any atom is 0.309 e. The molecule has 1 unspecified atom stereocenters. The summed E-state index contributed by atoms with van der Waals surface area (Å²) in [4.78, 5) is 40.6. The van der Waals surface area contributed by atoms with Crippen LogP contribution in [0.5, 0.6) is 0 Å². The van der Waals surface area contributed by atoms with Gasteiger partial charge in [0, 0.05) is 17.5 Å². The average molecular weight is 499 g/mol. The second-order valence-corrected chi connectivity index (χ2v) is 10.3. The van der Waals surface area contributed by atoms with Crippen LogP contribution >= 0.6 is 0 Å². The molecule has 2 saturated carbocycles. The number of unbranched alkanes of at least 4 members (excludes halogenated alkanes) is 1. The highest BCUT2D eigenvalue weighted by atomic mass is 16.5. The Morgan fingerprint density at radius 2 is 1.81 bits per heavy atom. The molecule has 0 aliphatic heterocycles. The van der Waals surface area contributed by atoms with E-state index in [1.807, 2.05) is 30.3 Å². The molecule has 9 heteroatoms. The minimum atomic E-state index is -0.868. The first-order valence-electron chi connectivity index (χ1n) is 13.2. The molecule has 0 spiro atoms. The van der Waals surface area contributed by atoms with Crippen LogP contribution in [0.25, 0.3) is 10.4 Å². The SMILES string of the molecule is [N-]=[N+]=NCCCCC(CC1(C(=O)NC2CCC(C(=O)OCc3ccccc3)CC2)CCCC1)C(=O)O. The highest BCUT2D eigenvalue weighted by molar-refractivity contribution is 5.84. The topological polar surface area (TPSA) is 141 Å². The Morgan fingerprint density at radius 1 is 1.11 bits per heavy atom. The fraction of sp³-hybridized carbons (Fsp3) is 0.667. The number of benzene rings is 1. The van der Waals surface area contributed by atoms with Crippen LogP contribution in [-0.4, -0.2) is 35.5 Å². The van der Waals surface area contributed by atoms with E-state index >= 15 is 0 Å². The molecular weight excluding hydrogens is 460 g/mol. The molecule has 0 bridgehead atoms. The van der Waals surface area contributed by atoms with Crippen molar-refractivity contribution in [1.29, 1.82) is 0 Å². The summed E-state index contributed by atoms with van der Waals surface area (Å²) >= 11 is 0. The number of rotatable bonds is 13. The van der Waals surface area contributed by atoms with E-state index in [4.69, 9.17) is 10.3 Å². The first kappa shape index (κ1) is 27.5. The third kappa shape index (κ3) is 7.98. The number of esters is 1. The fourth-order valence-electron chi connectivity index (χ4n) is 5.64. The number of aliphatic carboxylic acids is 1. The van der Waals surface area contributed by atoms with Crippen LogP contribution in [0.3, 0.4) is 0 Å². The van der Waals surface area contributed by atoms with Gasteiger partial charge in [-0.15, -0.1) is 0 Å². The van der Waals surface area contributed by atoms with E-state index in [0.29, 0.717) is 70.8 Å². The van der Waals surface area contributed by atoms with E-state index < -0.39 is 17.3 Å². The average Bonchev–Trinajstić information content (AvgIpc) is 3.37. The zero-order chi connectivity index (χ0) is 25.8. The fourth-order valence-corrected chi connectivity index (χ4v) is 5.64. The number of nitrogens with zero attached hydrogens (tertiary/aromatic N) is 3. The van der Waals surface area contributed by atoms with Crippen molar-refractivity contribution >= 4 is 17.8 Å². The lowest BCUT2D eigenvalue weighted by atomic mass is 9.75. The van der Waals surface area contributed by atoms with Crippen molar-refractivity contribution in [3.8, 4) is 0 Å². The van der Waals surface area contributed by atoms with Crippen LogP contribution in [0.15, 0.2) is 35.4 Å². The van der Waals surface area contributed by atoms with Gasteiger partial charge in [-0.25, -0.2) is 0 Å². The van der Waals surface area contributed by atoms with Crippen molar-refractivity contribution in [2.45, 2.75) is 89.7 Å². The molecule has 196 valence electrons. The normalized spacial score (nSPS) is 21.7. The summed E-state index contributed by atoms with van der Waals surface area (Å²) in [5.74, 6) is -1.82. The molecule has 1 aromatic rings. The first-order chi connectivity index (χ1) is 17.4. The smallest absolute Gasteiger partial charge is 0.309 e. The molecule has 1 aromatic carbocycles. The molecule has 0 radical (unpaired) electrons. The lowest BCUT2D eigenvalue weighted by Crippen LogP contribution is -2.47. The third-order valence-electron chi connectivity index (χ3n) is 7.77. The summed E-state index contributed by atoms with van der Waals surface area (Å²) < 4.78 is 5.50. The number of carbonyl (C=O) groups is 3. The number of hydrogen-bond acceptors (Lipinski definition) is 5. The largest absolute Gasteiger partial charge is 0.481 e. The molecule has 9 nitrogen and oxygen atoms in total. The van der Waals surface area contributed by atoms with E-state index in [1.54, 1.807) is 0 Å². The Hall–Kier alpha value is -3.06. The Morgan fingerprint density at radius 3 is 2.44 bits per heavy atom. The van der Waals surface area contributed by atoms with E-state index in [1.165, 1.54) is 0 Å². The van der Waals surface area contributed by atoms with Crippen molar-refractivity contribution in [2.24, 2.45) is 22.4 Å². The van der Waals surface area contributed by atoms with Crippen LogP contribution in [0.1, 0.15) is 82.6 Å². The summed E-state index contributed by atoms with van der Waals surface area (Å²) in [6.45, 7) is 0.631. The first-order valence-corrected chi connectivity index (χ1v) is 13.2. The summed E-state index contributed by atoms with van der Waals surface area (Å²) in [5.41, 5.74) is 8.71. The number of amides is 1. The van der Waals surface area contributed by atoms with E-state index in [0.717, 1.165) is 18.4 Å². The molecule has 2 fully saturated rings. The van der Waals surface area contributed by atoms with Crippen molar-refractivity contribution in [3.05, 3.63) is 46.3 Å². The molecule has 2 N–H and O–H groups in total. The van der Waals surface area contributed by atoms with Gasteiger partial charge in [0.25, 0.3) is 0 Å². The molecule has 2 aliphatic rings. The minimum Gasteiger partial charge on any atom is -0.481 e. The molecule has 36 heavy (non-hydrogen) atoms. The van der Waals surface area contributed by atoms with Crippen molar-refractivity contribution in [2.75, 3.05) is 6.54 Å². The third-order valence-corrected chi connectivity index (χ3v) is 7.77. The lowest BCUT2D eigenvalue weighted by molar-refractivity contribution is -0.151. The number of azide groups is 1. The standard InChI is InChI=1S/C27H38N4O5/c28-31-29-17-7-4-10-22(24(32)33)18-27(15-5-6-16-27)26(35)30-23-13-11-21(12-14-23)25(34)36-19-20-8-2-1-3-9-20/h1-3,8-9,21-23H,4-7,10-19H2,(H,30,35)(H,32,33). The maximum absolute atomic E-state index is 13.4. The second kappa shape index (κ2) is 13.9. The van der Waals surface area contributed by atoms with Crippen molar-refractivity contribution in [3.63, 3.8) is 0 Å².